The molecule has 1 aromatic carbocycles. The average Bonchev–Trinajstić information content (AvgIpc) is 2.94. The SMILES string of the molecule is Cc1nc2ccc(NC3CCN(C(C)C)C3)cc2[nH]1. The minimum absolute atomic E-state index is 0.559. The summed E-state index contributed by atoms with van der Waals surface area (Å²) >= 11 is 0. The highest BCUT2D eigenvalue weighted by molar-refractivity contribution is 5.79. The molecule has 2 heterocycles. The van der Waals surface area contributed by atoms with Crippen LogP contribution in [0.4, 0.5) is 5.69 Å². The van der Waals surface area contributed by atoms with Gasteiger partial charge in [0.05, 0.1) is 11.0 Å². The molecular formula is C15H22N4. The molecule has 0 saturated carbocycles. The van der Waals surface area contributed by atoms with Crippen LogP contribution >= 0.6 is 0 Å². The van der Waals surface area contributed by atoms with Crippen LogP contribution in [0.25, 0.3) is 11.0 Å². The van der Waals surface area contributed by atoms with Crippen LogP contribution in [0.5, 0.6) is 0 Å². The van der Waals surface area contributed by atoms with Crippen LogP contribution in [-0.4, -0.2) is 40.0 Å². The van der Waals surface area contributed by atoms with Crippen molar-refractivity contribution in [2.45, 2.75) is 39.3 Å². The highest BCUT2D eigenvalue weighted by Gasteiger charge is 2.23. The lowest BCUT2D eigenvalue weighted by atomic mass is 10.2. The molecule has 1 saturated heterocycles. The molecule has 19 heavy (non-hydrogen) atoms. The third-order valence-electron chi connectivity index (χ3n) is 3.92. The monoisotopic (exact) mass is 258 g/mol. The summed E-state index contributed by atoms with van der Waals surface area (Å²) in [5, 5.41) is 3.64. The number of benzene rings is 1. The Kier molecular flexibility index (Phi) is 3.19. The average molecular weight is 258 g/mol. The minimum Gasteiger partial charge on any atom is -0.381 e. The van der Waals surface area contributed by atoms with E-state index in [1.165, 1.54) is 18.7 Å². The highest BCUT2D eigenvalue weighted by atomic mass is 15.2. The summed E-state index contributed by atoms with van der Waals surface area (Å²) in [6.07, 6.45) is 1.22. The maximum absolute atomic E-state index is 4.43. The fourth-order valence-electron chi connectivity index (χ4n) is 2.84. The van der Waals surface area contributed by atoms with Crippen LogP contribution in [0.2, 0.25) is 0 Å². The first-order valence-electron chi connectivity index (χ1n) is 7.09. The Morgan fingerprint density at radius 3 is 3.00 bits per heavy atom. The summed E-state index contributed by atoms with van der Waals surface area (Å²) in [7, 11) is 0. The fraction of sp³-hybridized carbons (Fsp3) is 0.533. The molecule has 1 aliphatic rings. The Morgan fingerprint density at radius 2 is 2.26 bits per heavy atom. The smallest absolute Gasteiger partial charge is 0.104 e. The van der Waals surface area contributed by atoms with Crippen LogP contribution in [-0.2, 0) is 0 Å². The Morgan fingerprint density at radius 1 is 1.42 bits per heavy atom. The molecule has 4 nitrogen and oxygen atoms in total. The summed E-state index contributed by atoms with van der Waals surface area (Å²) in [6.45, 7) is 8.85. The molecule has 0 spiro atoms. The normalized spacial score (nSPS) is 20.5. The predicted molar refractivity (Wildman–Crippen MR) is 79.6 cm³/mol. The number of imidazole rings is 1. The van der Waals surface area contributed by atoms with E-state index in [9.17, 15) is 0 Å². The van der Waals surface area contributed by atoms with Gasteiger partial charge in [-0.25, -0.2) is 4.98 Å². The van der Waals surface area contributed by atoms with Crippen molar-refractivity contribution in [3.63, 3.8) is 0 Å². The van der Waals surface area contributed by atoms with E-state index in [2.05, 4.69) is 52.2 Å². The van der Waals surface area contributed by atoms with E-state index in [1.807, 2.05) is 6.92 Å². The quantitative estimate of drug-likeness (QED) is 0.889. The number of hydrogen-bond acceptors (Lipinski definition) is 3. The van der Waals surface area contributed by atoms with Crippen LogP contribution in [0, 0.1) is 6.92 Å². The van der Waals surface area contributed by atoms with Gasteiger partial charge in [-0.3, -0.25) is 4.90 Å². The van der Waals surface area contributed by atoms with Gasteiger partial charge in [-0.2, -0.15) is 0 Å². The molecule has 3 rings (SSSR count). The summed E-state index contributed by atoms with van der Waals surface area (Å²) in [5.41, 5.74) is 3.34. The van der Waals surface area contributed by atoms with Crippen molar-refractivity contribution >= 4 is 16.7 Å². The van der Waals surface area contributed by atoms with Gasteiger partial charge >= 0.3 is 0 Å². The van der Waals surface area contributed by atoms with Crippen LogP contribution < -0.4 is 5.32 Å². The van der Waals surface area contributed by atoms with Gasteiger partial charge in [0, 0.05) is 30.9 Å². The van der Waals surface area contributed by atoms with Crippen molar-refractivity contribution in [3.8, 4) is 0 Å². The lowest BCUT2D eigenvalue weighted by Crippen LogP contribution is -2.31. The summed E-state index contributed by atoms with van der Waals surface area (Å²) in [6, 6.07) is 7.57. The number of H-pyrrole nitrogens is 1. The summed E-state index contributed by atoms with van der Waals surface area (Å²) in [4.78, 5) is 10.2. The van der Waals surface area contributed by atoms with Gasteiger partial charge in [-0.05, 0) is 45.4 Å². The number of anilines is 1. The second kappa shape index (κ2) is 4.85. The fourth-order valence-corrected chi connectivity index (χ4v) is 2.84. The minimum atomic E-state index is 0.559. The number of nitrogens with zero attached hydrogens (tertiary/aromatic N) is 2. The second-order valence-electron chi connectivity index (χ2n) is 5.77. The molecule has 0 bridgehead atoms. The molecule has 1 aliphatic heterocycles. The Bertz CT molecular complexity index is 573. The lowest BCUT2D eigenvalue weighted by Gasteiger charge is -2.20. The largest absolute Gasteiger partial charge is 0.381 e. The Hall–Kier alpha value is -1.55. The topological polar surface area (TPSA) is 44.0 Å². The van der Waals surface area contributed by atoms with E-state index in [4.69, 9.17) is 0 Å². The molecule has 1 unspecified atom stereocenters. The van der Waals surface area contributed by atoms with Crippen molar-refractivity contribution < 1.29 is 0 Å². The number of aromatic nitrogens is 2. The molecule has 1 aromatic heterocycles. The first kappa shape index (κ1) is 12.5. The Labute approximate surface area is 114 Å². The van der Waals surface area contributed by atoms with Gasteiger partial charge in [-0.15, -0.1) is 0 Å². The van der Waals surface area contributed by atoms with Gasteiger partial charge in [0.1, 0.15) is 5.82 Å². The van der Waals surface area contributed by atoms with Crippen LogP contribution in [0.15, 0.2) is 18.2 Å². The van der Waals surface area contributed by atoms with E-state index < -0.39 is 0 Å². The number of fused-ring (bicyclic) bond motifs is 1. The highest BCUT2D eigenvalue weighted by Crippen LogP contribution is 2.21. The molecule has 4 heteroatoms. The number of rotatable bonds is 3. The first-order chi connectivity index (χ1) is 9.11. The van der Waals surface area contributed by atoms with Crippen molar-refractivity contribution in [2.75, 3.05) is 18.4 Å². The number of nitrogens with one attached hydrogen (secondary N) is 2. The number of aryl methyl sites for hydroxylation is 1. The Balaban J connectivity index is 1.71. The third-order valence-corrected chi connectivity index (χ3v) is 3.92. The van der Waals surface area contributed by atoms with Crippen LogP contribution in [0.1, 0.15) is 26.1 Å². The first-order valence-corrected chi connectivity index (χ1v) is 7.09. The van der Waals surface area contributed by atoms with E-state index in [1.54, 1.807) is 0 Å². The number of likely N-dealkylation sites (tertiary alicyclic amines) is 1. The third kappa shape index (κ3) is 2.59. The molecule has 0 radical (unpaired) electrons. The van der Waals surface area contributed by atoms with Gasteiger partial charge in [-0.1, -0.05) is 0 Å². The number of hydrogen-bond donors (Lipinski definition) is 2. The standard InChI is InChI=1S/C15H22N4/c1-10(2)19-7-6-13(9-19)18-12-4-5-14-15(8-12)17-11(3)16-14/h4-5,8,10,13,18H,6-7,9H2,1-3H3,(H,16,17). The zero-order chi connectivity index (χ0) is 13.4. The van der Waals surface area contributed by atoms with Gasteiger partial charge in [0.2, 0.25) is 0 Å². The van der Waals surface area contributed by atoms with Gasteiger partial charge in [0.25, 0.3) is 0 Å². The molecule has 0 amide bonds. The van der Waals surface area contributed by atoms with Gasteiger partial charge in [0.15, 0.2) is 0 Å². The zero-order valence-corrected chi connectivity index (χ0v) is 11.9. The molecule has 2 N–H and O–H groups in total. The molecule has 2 aromatic rings. The van der Waals surface area contributed by atoms with Gasteiger partial charge < -0.3 is 10.3 Å². The molecule has 0 aliphatic carbocycles. The number of aromatic amines is 1. The summed E-state index contributed by atoms with van der Waals surface area (Å²) in [5.74, 6) is 0.971. The van der Waals surface area contributed by atoms with E-state index in [-0.39, 0.29) is 0 Å². The predicted octanol–water partition coefficient (Wildman–Crippen LogP) is 2.77. The lowest BCUT2D eigenvalue weighted by molar-refractivity contribution is 0.274. The zero-order valence-electron chi connectivity index (χ0n) is 11.9. The maximum Gasteiger partial charge on any atom is 0.104 e. The van der Waals surface area contributed by atoms with E-state index in [0.717, 1.165) is 23.4 Å². The molecule has 1 fully saturated rings. The molecule has 1 atom stereocenters. The van der Waals surface area contributed by atoms with Crippen LogP contribution in [0.3, 0.4) is 0 Å². The summed E-state index contributed by atoms with van der Waals surface area (Å²) < 4.78 is 0. The van der Waals surface area contributed by atoms with Crippen molar-refractivity contribution in [2.24, 2.45) is 0 Å². The van der Waals surface area contributed by atoms with Crippen molar-refractivity contribution in [1.29, 1.82) is 0 Å². The van der Waals surface area contributed by atoms with E-state index in [0.29, 0.717) is 12.1 Å². The molecule has 102 valence electrons. The maximum atomic E-state index is 4.43. The molecular weight excluding hydrogens is 236 g/mol. The van der Waals surface area contributed by atoms with E-state index >= 15 is 0 Å². The van der Waals surface area contributed by atoms with Crippen molar-refractivity contribution in [3.05, 3.63) is 24.0 Å². The second-order valence-corrected chi connectivity index (χ2v) is 5.77. The van der Waals surface area contributed by atoms with Crippen molar-refractivity contribution in [1.82, 2.24) is 14.9 Å².